The summed E-state index contributed by atoms with van der Waals surface area (Å²) in [6.45, 7) is 10.6. The number of hydrogen-bond acceptors (Lipinski definition) is 14. The predicted octanol–water partition coefficient (Wildman–Crippen LogP) is 7.15. The van der Waals surface area contributed by atoms with Crippen molar-refractivity contribution in [3.05, 3.63) is 111 Å². The molecule has 17 nitrogen and oxygen atoms in total. The van der Waals surface area contributed by atoms with E-state index in [2.05, 4.69) is 50.8 Å². The monoisotopic (exact) mass is 952 g/mol. The Bertz CT molecular complexity index is 2840. The van der Waals surface area contributed by atoms with Crippen LogP contribution in [0.5, 0.6) is 5.88 Å². The standard InChI is InChI=1S/C48H53ClN8O9S/c1-48(2)13-11-32(38(24-48)30-3-5-33(49)6-4-30)26-54-15-17-55(18-16-54)34-7-9-37(40(22-34)56-42-21-31-12-14-50-45(31)52-47(42)66-44-29-64-28-43(44)56)46(58)53-67(61,62)36-8-10-39(41(23-36)57(59)60)51-25-35-27-63-19-20-65-35/h3-10,12,14,21-23,35,43-44,51H,11,13,15-20,24-29H2,1-2H3,(H,50,52)(H,53,58)/t35-,43-,44+/m0/s1. The molecule has 3 fully saturated rings. The number of nitrogens with zero attached hydrogens (tertiary/aromatic N) is 5. The highest BCUT2D eigenvalue weighted by atomic mass is 35.5. The van der Waals surface area contributed by atoms with Crippen LogP contribution in [0.4, 0.5) is 28.4 Å². The van der Waals surface area contributed by atoms with Crippen LogP contribution < -0.4 is 24.6 Å². The lowest BCUT2D eigenvalue weighted by Gasteiger charge is -2.41. The third-order valence-electron chi connectivity index (χ3n) is 13.5. The van der Waals surface area contributed by atoms with Gasteiger partial charge in [0.15, 0.2) is 0 Å². The number of amides is 1. The number of ether oxygens (including phenoxy) is 4. The second kappa shape index (κ2) is 18.4. The number of benzene rings is 3. The van der Waals surface area contributed by atoms with Crippen molar-refractivity contribution in [2.24, 2.45) is 5.41 Å². The molecule has 3 saturated heterocycles. The first-order valence-electron chi connectivity index (χ1n) is 22.7. The van der Waals surface area contributed by atoms with Gasteiger partial charge in [-0.3, -0.25) is 19.8 Å². The van der Waals surface area contributed by atoms with Gasteiger partial charge in [0.1, 0.15) is 23.1 Å². The number of anilines is 4. The highest BCUT2D eigenvalue weighted by Gasteiger charge is 2.44. The van der Waals surface area contributed by atoms with Gasteiger partial charge < -0.3 is 39.0 Å². The number of pyridine rings is 1. The molecule has 0 unspecified atom stereocenters. The third kappa shape index (κ3) is 9.42. The quantitative estimate of drug-likeness (QED) is 0.0843. The number of halogens is 1. The van der Waals surface area contributed by atoms with Gasteiger partial charge in [-0.25, -0.2) is 13.1 Å². The lowest BCUT2D eigenvalue weighted by Crippen LogP contribution is -2.48. The summed E-state index contributed by atoms with van der Waals surface area (Å²) in [4.78, 5) is 40.4. The molecular formula is C48H53ClN8O9S. The van der Waals surface area contributed by atoms with Crippen molar-refractivity contribution in [2.45, 2.75) is 56.3 Å². The maximum atomic E-state index is 14.5. The Labute approximate surface area is 393 Å². The highest BCUT2D eigenvalue weighted by molar-refractivity contribution is 7.90. The van der Waals surface area contributed by atoms with Gasteiger partial charge in [0, 0.05) is 67.6 Å². The molecule has 2 aromatic heterocycles. The normalized spacial score (nSPS) is 22.0. The summed E-state index contributed by atoms with van der Waals surface area (Å²) < 4.78 is 53.7. The van der Waals surface area contributed by atoms with E-state index in [1.807, 2.05) is 41.3 Å². The third-order valence-corrected chi connectivity index (χ3v) is 15.0. The number of allylic oxidation sites excluding steroid dienone is 1. The first kappa shape index (κ1) is 45.0. The lowest BCUT2D eigenvalue weighted by atomic mass is 9.72. The summed E-state index contributed by atoms with van der Waals surface area (Å²) >= 11 is 6.28. The van der Waals surface area contributed by atoms with Crippen molar-refractivity contribution in [1.29, 1.82) is 0 Å². The summed E-state index contributed by atoms with van der Waals surface area (Å²) in [5.41, 5.74) is 6.55. The van der Waals surface area contributed by atoms with Crippen LogP contribution in [0.25, 0.3) is 16.6 Å². The predicted molar refractivity (Wildman–Crippen MR) is 255 cm³/mol. The molecule has 1 aliphatic carbocycles. The Morgan fingerprint density at radius 2 is 1.79 bits per heavy atom. The SMILES string of the molecule is CC1(C)CCC(CN2CCN(c3ccc(C(=O)NS(=O)(=O)c4ccc(NC[C@H]5COCCO5)c([N+](=O)[O-])c4)c(N4c5cc6cc[nH]c6nc5O[C@@H]5COC[C@@H]54)c3)CC2)=C(c2ccc(Cl)cc2)C1. The van der Waals surface area contributed by atoms with Gasteiger partial charge in [-0.15, -0.1) is 0 Å². The van der Waals surface area contributed by atoms with E-state index >= 15 is 0 Å². The molecule has 19 heteroatoms. The van der Waals surface area contributed by atoms with Crippen molar-refractivity contribution in [3.8, 4) is 5.88 Å². The smallest absolute Gasteiger partial charge is 0.293 e. The first-order valence-corrected chi connectivity index (χ1v) is 24.5. The number of nitrogens with one attached hydrogen (secondary N) is 3. The molecule has 0 radical (unpaired) electrons. The van der Waals surface area contributed by atoms with Gasteiger partial charge in [0.05, 0.1) is 66.2 Å². The average Bonchev–Trinajstić information content (AvgIpc) is 4.00. The van der Waals surface area contributed by atoms with E-state index in [1.54, 1.807) is 12.3 Å². The van der Waals surface area contributed by atoms with E-state index in [4.69, 9.17) is 35.5 Å². The zero-order valence-corrected chi connectivity index (χ0v) is 38.9. The van der Waals surface area contributed by atoms with Crippen LogP contribution in [0, 0.1) is 15.5 Å². The topological polar surface area (TPSA) is 194 Å². The van der Waals surface area contributed by atoms with Crippen LogP contribution in [-0.4, -0.2) is 125 Å². The van der Waals surface area contributed by atoms with E-state index in [-0.39, 0.29) is 42.0 Å². The van der Waals surface area contributed by atoms with Crippen LogP contribution in [-0.2, 0) is 24.2 Å². The zero-order valence-electron chi connectivity index (χ0n) is 37.3. The van der Waals surface area contributed by atoms with Crippen molar-refractivity contribution < 1.29 is 37.1 Å². The number of H-pyrrole nitrogens is 1. The molecule has 1 amide bonds. The van der Waals surface area contributed by atoms with Gasteiger partial charge in [0.2, 0.25) is 5.88 Å². The number of nitro groups is 1. The van der Waals surface area contributed by atoms with E-state index in [9.17, 15) is 23.3 Å². The average molecular weight is 954 g/mol. The molecule has 6 heterocycles. The van der Waals surface area contributed by atoms with Crippen molar-refractivity contribution in [2.75, 3.05) is 87.4 Å². The Balaban J connectivity index is 0.946. The Kier molecular flexibility index (Phi) is 12.4. The first-order chi connectivity index (χ1) is 32.3. The zero-order chi connectivity index (χ0) is 46.5. The van der Waals surface area contributed by atoms with Crippen LogP contribution in [0.2, 0.25) is 5.02 Å². The van der Waals surface area contributed by atoms with E-state index < -0.39 is 37.5 Å². The fraction of sp³-hybridized carbons (Fsp3) is 0.417. The molecule has 4 aliphatic heterocycles. The molecule has 352 valence electrons. The molecule has 10 rings (SSSR count). The number of nitro benzene ring substituents is 1. The Morgan fingerprint density at radius 3 is 2.57 bits per heavy atom. The minimum absolute atomic E-state index is 0.0722. The van der Waals surface area contributed by atoms with Crippen molar-refractivity contribution in [1.82, 2.24) is 19.6 Å². The molecule has 3 N–H and O–H groups in total. The maximum Gasteiger partial charge on any atom is 0.293 e. The fourth-order valence-electron chi connectivity index (χ4n) is 9.82. The number of sulfonamides is 1. The number of piperazine rings is 1. The van der Waals surface area contributed by atoms with Crippen LogP contribution in [0.1, 0.15) is 49.0 Å². The molecule has 3 aromatic carbocycles. The second-order valence-electron chi connectivity index (χ2n) is 18.6. The number of carbonyl (C=O) groups excluding carboxylic acids is 1. The Morgan fingerprint density at radius 1 is 0.970 bits per heavy atom. The van der Waals surface area contributed by atoms with Crippen LogP contribution in [0.15, 0.2) is 89.5 Å². The minimum Gasteiger partial charge on any atom is -0.468 e. The molecule has 0 bridgehead atoms. The Hall–Kier alpha value is -5.76. The molecule has 3 atom stereocenters. The van der Waals surface area contributed by atoms with Crippen LogP contribution >= 0.6 is 11.6 Å². The van der Waals surface area contributed by atoms with Gasteiger partial charge in [0.25, 0.3) is 21.6 Å². The summed E-state index contributed by atoms with van der Waals surface area (Å²) in [6.07, 6.45) is 4.20. The highest BCUT2D eigenvalue weighted by Crippen LogP contribution is 2.46. The molecule has 0 saturated carbocycles. The van der Waals surface area contributed by atoms with Crippen molar-refractivity contribution in [3.63, 3.8) is 0 Å². The molecule has 67 heavy (non-hydrogen) atoms. The van der Waals surface area contributed by atoms with E-state index in [1.165, 1.54) is 28.8 Å². The van der Waals surface area contributed by atoms with Crippen molar-refractivity contribution >= 4 is 72.6 Å². The summed E-state index contributed by atoms with van der Waals surface area (Å²) in [5, 5.41) is 16.7. The number of hydrogen-bond donors (Lipinski definition) is 3. The lowest BCUT2D eigenvalue weighted by molar-refractivity contribution is -0.384. The number of aromatic amines is 1. The molecular weight excluding hydrogens is 900 g/mol. The maximum absolute atomic E-state index is 14.5. The molecule has 0 spiro atoms. The number of carbonyl (C=O) groups is 1. The van der Waals surface area contributed by atoms with Gasteiger partial charge in [-0.2, -0.15) is 4.98 Å². The minimum atomic E-state index is -4.63. The molecule has 5 aliphatic rings. The van der Waals surface area contributed by atoms with Crippen LogP contribution in [0.3, 0.4) is 0 Å². The van der Waals surface area contributed by atoms with E-state index in [0.717, 1.165) is 74.1 Å². The second-order valence-corrected chi connectivity index (χ2v) is 20.7. The number of rotatable bonds is 12. The number of aromatic nitrogens is 2. The van der Waals surface area contributed by atoms with Gasteiger partial charge in [-0.05, 0) is 90.4 Å². The summed E-state index contributed by atoms with van der Waals surface area (Å²) in [7, 11) is -4.63. The van der Waals surface area contributed by atoms with Gasteiger partial charge >= 0.3 is 0 Å². The molecule has 5 aromatic rings. The van der Waals surface area contributed by atoms with E-state index in [0.29, 0.717) is 49.3 Å². The number of fused-ring (bicyclic) bond motifs is 3. The van der Waals surface area contributed by atoms with Gasteiger partial charge in [-0.1, -0.05) is 43.2 Å². The fourth-order valence-corrected chi connectivity index (χ4v) is 10.9. The largest absolute Gasteiger partial charge is 0.468 e. The summed E-state index contributed by atoms with van der Waals surface area (Å²) in [6, 6.07) is 20.5. The summed E-state index contributed by atoms with van der Waals surface area (Å²) in [5.74, 6) is -0.563.